The predicted octanol–water partition coefficient (Wildman–Crippen LogP) is 8.66. The Morgan fingerprint density at radius 1 is 0.631 bits per heavy atom. The number of hydrogen-bond acceptors (Lipinski definition) is 11. The van der Waals surface area contributed by atoms with E-state index < -0.39 is 61.1 Å². The molecule has 1 saturated heterocycles. The average Bonchev–Trinajstić information content (AvgIpc) is 3.29. The van der Waals surface area contributed by atoms with E-state index in [-0.39, 0.29) is 38.3 Å². The molecular formula is C51H98N2O12. The summed E-state index contributed by atoms with van der Waals surface area (Å²) in [6.07, 6.45) is 31.4. The molecule has 65 heavy (non-hydrogen) atoms. The molecule has 14 nitrogen and oxygen atoms in total. The third kappa shape index (κ3) is 30.2. The number of aliphatic hydroxyl groups is 4. The van der Waals surface area contributed by atoms with Crippen molar-refractivity contribution in [1.82, 2.24) is 10.6 Å². The third-order valence-corrected chi connectivity index (χ3v) is 12.9. The molecule has 0 saturated carbocycles. The number of aliphatic hydroxyl groups excluding tert-OH is 4. The molecular weight excluding hydrogens is 833 g/mol. The van der Waals surface area contributed by atoms with Gasteiger partial charge in [0.25, 0.3) is 5.79 Å². The molecule has 0 aromatic carbocycles. The highest BCUT2D eigenvalue weighted by Crippen LogP contribution is 2.33. The number of carboxylic acids is 1. The second-order valence-electron chi connectivity index (χ2n) is 18.7. The van der Waals surface area contributed by atoms with Gasteiger partial charge in [-0.15, -0.1) is 0 Å². The maximum Gasteiger partial charge on any atom is 0.364 e. The highest BCUT2D eigenvalue weighted by Gasteiger charge is 2.55. The summed E-state index contributed by atoms with van der Waals surface area (Å²) in [6, 6.07) is -1.27. The largest absolute Gasteiger partial charge is 0.477 e. The monoisotopic (exact) mass is 931 g/mol. The molecule has 1 fully saturated rings. The van der Waals surface area contributed by atoms with Gasteiger partial charge in [0.1, 0.15) is 18.3 Å². The summed E-state index contributed by atoms with van der Waals surface area (Å²) < 4.78 is 22.4. The van der Waals surface area contributed by atoms with Gasteiger partial charge in [-0.2, -0.15) is 0 Å². The Labute approximate surface area is 394 Å². The molecule has 2 amide bonds. The number of carboxylic acid groups (broad SMARTS) is 1. The summed E-state index contributed by atoms with van der Waals surface area (Å²) in [4.78, 5) is 37.4. The minimum Gasteiger partial charge on any atom is -0.477 e. The van der Waals surface area contributed by atoms with Gasteiger partial charge in [0, 0.05) is 25.8 Å². The molecule has 7 N–H and O–H groups in total. The highest BCUT2D eigenvalue weighted by molar-refractivity contribution is 5.78. The number of unbranched alkanes of at least 4 members (excludes halogenated alkanes) is 26. The summed E-state index contributed by atoms with van der Waals surface area (Å²) in [5.41, 5.74) is 0. The van der Waals surface area contributed by atoms with E-state index in [1.807, 2.05) is 0 Å². The van der Waals surface area contributed by atoms with Crippen LogP contribution in [0.15, 0.2) is 0 Å². The molecule has 1 heterocycles. The van der Waals surface area contributed by atoms with Crippen LogP contribution in [0.25, 0.3) is 0 Å². The molecule has 0 aromatic rings. The van der Waals surface area contributed by atoms with Crippen molar-refractivity contribution in [3.63, 3.8) is 0 Å². The summed E-state index contributed by atoms with van der Waals surface area (Å²) in [6.45, 7) is 5.67. The van der Waals surface area contributed by atoms with Crippen LogP contribution < -0.4 is 10.6 Å². The van der Waals surface area contributed by atoms with Gasteiger partial charge in [-0.25, -0.2) is 4.79 Å². The lowest BCUT2D eigenvalue weighted by Crippen LogP contribution is -2.68. The van der Waals surface area contributed by atoms with Crippen LogP contribution in [0.1, 0.15) is 220 Å². The molecule has 0 unspecified atom stereocenters. The van der Waals surface area contributed by atoms with E-state index in [0.29, 0.717) is 13.2 Å². The van der Waals surface area contributed by atoms with E-state index in [0.717, 1.165) is 25.7 Å². The van der Waals surface area contributed by atoms with Crippen LogP contribution in [0.4, 0.5) is 0 Å². The second kappa shape index (κ2) is 41.1. The van der Waals surface area contributed by atoms with E-state index in [9.17, 15) is 39.9 Å². The second-order valence-corrected chi connectivity index (χ2v) is 18.7. The number of carbonyl (C=O) groups excluding carboxylic acids is 2. The van der Waals surface area contributed by atoms with Crippen molar-refractivity contribution >= 4 is 17.8 Å². The zero-order valence-electron chi connectivity index (χ0n) is 41.4. The fraction of sp³-hybridized carbons (Fsp3) is 0.941. The Bertz CT molecular complexity index is 1120. The number of nitrogens with one attached hydrogen (secondary N) is 2. The molecule has 0 aromatic heterocycles. The van der Waals surface area contributed by atoms with Gasteiger partial charge >= 0.3 is 5.97 Å². The topological polar surface area (TPSA) is 213 Å². The van der Waals surface area contributed by atoms with E-state index >= 15 is 0 Å². The Kier molecular flexibility index (Phi) is 38.6. The lowest BCUT2D eigenvalue weighted by Gasteiger charge is -2.46. The quantitative estimate of drug-likeness (QED) is 0.0286. The lowest BCUT2D eigenvalue weighted by molar-refractivity contribution is -0.312. The number of rotatable bonds is 46. The minimum absolute atomic E-state index is 0.0194. The van der Waals surface area contributed by atoms with Crippen LogP contribution in [-0.4, -0.2) is 126 Å². The van der Waals surface area contributed by atoms with Gasteiger partial charge in [-0.1, -0.05) is 194 Å². The first-order valence-electron chi connectivity index (χ1n) is 26.4. The Morgan fingerprint density at radius 3 is 1.43 bits per heavy atom. The van der Waals surface area contributed by atoms with E-state index in [2.05, 4.69) is 24.5 Å². The summed E-state index contributed by atoms with van der Waals surface area (Å²) >= 11 is 0. The van der Waals surface area contributed by atoms with Gasteiger partial charge in [0.15, 0.2) is 0 Å². The van der Waals surface area contributed by atoms with Crippen molar-refractivity contribution in [2.24, 2.45) is 5.92 Å². The standard InChI is InChI=1S/C51H98N2O12/c1-4-6-8-10-12-14-16-18-20-22-24-26-28-30-32-43(33-31-29-27-25-23-21-19-17-15-13-11-9-7-5-2)49(59)52-34-35-62-36-37-63-38-39-64-51(50(60)61)40-44(56)46(53-42(3)55)48(65-51)47(58)45(57)41-54/h43-48,54,56-58H,4-41H2,1-3H3,(H,52,59)(H,53,55)(H,60,61)/t44-,45+,46+,47+,48+,51-/m0/s1. The predicted molar refractivity (Wildman–Crippen MR) is 257 cm³/mol. The van der Waals surface area contributed by atoms with Crippen LogP contribution in [0, 0.1) is 5.92 Å². The maximum atomic E-state index is 13.3. The molecule has 0 radical (unpaired) electrons. The fourth-order valence-electron chi connectivity index (χ4n) is 8.83. The molecule has 0 aliphatic carbocycles. The van der Waals surface area contributed by atoms with Crippen LogP contribution in [-0.2, 0) is 33.3 Å². The normalized spacial score (nSPS) is 19.7. The van der Waals surface area contributed by atoms with Crippen LogP contribution in [0.2, 0.25) is 0 Å². The van der Waals surface area contributed by atoms with Gasteiger partial charge in [0.2, 0.25) is 11.8 Å². The van der Waals surface area contributed by atoms with Crippen molar-refractivity contribution in [3.05, 3.63) is 0 Å². The lowest BCUT2D eigenvalue weighted by atomic mass is 9.88. The van der Waals surface area contributed by atoms with Crippen LogP contribution in [0.5, 0.6) is 0 Å². The molecule has 384 valence electrons. The first-order chi connectivity index (χ1) is 31.5. The minimum atomic E-state index is -2.41. The van der Waals surface area contributed by atoms with Crippen LogP contribution in [0.3, 0.4) is 0 Å². The van der Waals surface area contributed by atoms with Crippen molar-refractivity contribution < 1.29 is 58.9 Å². The summed E-state index contributed by atoms with van der Waals surface area (Å²) in [7, 11) is 0. The first-order valence-corrected chi connectivity index (χ1v) is 26.4. The molecule has 1 aliphatic heterocycles. The Morgan fingerprint density at radius 2 is 1.03 bits per heavy atom. The molecule has 14 heteroatoms. The summed E-state index contributed by atoms with van der Waals surface area (Å²) in [5, 5.41) is 56.2. The van der Waals surface area contributed by atoms with Crippen molar-refractivity contribution in [2.45, 2.75) is 256 Å². The molecule has 6 atom stereocenters. The van der Waals surface area contributed by atoms with Crippen LogP contribution >= 0.6 is 0 Å². The first kappa shape index (κ1) is 61.1. The number of aliphatic carboxylic acids is 1. The van der Waals surface area contributed by atoms with Crippen molar-refractivity contribution in [2.75, 3.05) is 46.2 Å². The number of carbonyl (C=O) groups is 3. The number of ether oxygens (including phenoxy) is 4. The van der Waals surface area contributed by atoms with Gasteiger partial charge in [0.05, 0.1) is 51.8 Å². The number of amides is 2. The zero-order valence-corrected chi connectivity index (χ0v) is 41.4. The van der Waals surface area contributed by atoms with Crippen molar-refractivity contribution in [3.8, 4) is 0 Å². The molecule has 0 bridgehead atoms. The SMILES string of the molecule is CCCCCCCCCCCCCCCCC(CCCCCCCCCCCCCCCC)C(=O)NCCOCCOCCO[C@@]1(C(=O)O)C[C@H](O)[C@@H](NC(C)=O)[C@H]([C@H](O)[C@H](O)CO)O1. The Balaban J connectivity index is 2.41. The smallest absolute Gasteiger partial charge is 0.364 e. The average molecular weight is 931 g/mol. The van der Waals surface area contributed by atoms with E-state index in [1.165, 1.54) is 174 Å². The molecule has 1 aliphatic rings. The Hall–Kier alpha value is -1.91. The highest BCUT2D eigenvalue weighted by atomic mass is 16.7. The summed E-state index contributed by atoms with van der Waals surface area (Å²) in [5.74, 6) is -4.45. The van der Waals surface area contributed by atoms with Crippen molar-refractivity contribution in [1.29, 1.82) is 0 Å². The third-order valence-electron chi connectivity index (χ3n) is 12.9. The fourth-order valence-corrected chi connectivity index (χ4v) is 8.83. The maximum absolute atomic E-state index is 13.3. The molecule has 0 spiro atoms. The van der Waals surface area contributed by atoms with E-state index in [4.69, 9.17) is 18.9 Å². The van der Waals surface area contributed by atoms with Gasteiger partial charge < -0.3 is 55.1 Å². The van der Waals surface area contributed by atoms with E-state index in [1.54, 1.807) is 0 Å². The zero-order chi connectivity index (χ0) is 47.8. The number of hydrogen-bond donors (Lipinski definition) is 7. The van der Waals surface area contributed by atoms with Gasteiger partial charge in [-0.3, -0.25) is 9.59 Å². The van der Waals surface area contributed by atoms with Gasteiger partial charge in [-0.05, 0) is 12.8 Å². The molecule has 1 rings (SSSR count).